The van der Waals surface area contributed by atoms with Gasteiger partial charge in [0.1, 0.15) is 0 Å². The largest absolute Gasteiger partial charge is 0.121 e. The Morgan fingerprint density at radius 3 is 2.60 bits per heavy atom. The van der Waals surface area contributed by atoms with Crippen LogP contribution >= 0.6 is 34.8 Å². The zero-order valence-electron chi connectivity index (χ0n) is 5.00. The molecule has 0 bridgehead atoms. The predicted octanol–water partition coefficient (Wildman–Crippen LogP) is 3.53. The average Bonchev–Trinajstić information content (AvgIpc) is 1.95. The Kier molecular flexibility index (Phi) is 2.84. The minimum Gasteiger partial charge on any atom is -0.121 e. The van der Waals surface area contributed by atoms with E-state index in [4.69, 9.17) is 34.8 Å². The summed E-state index contributed by atoms with van der Waals surface area (Å²) in [6.07, 6.45) is 0. The first-order valence-electron chi connectivity index (χ1n) is 2.66. The van der Waals surface area contributed by atoms with Crippen molar-refractivity contribution in [1.29, 1.82) is 0 Å². The fourth-order valence-electron chi connectivity index (χ4n) is 0.593. The third kappa shape index (κ3) is 1.57. The molecule has 0 spiro atoms. The highest BCUT2D eigenvalue weighted by molar-refractivity contribution is 6.42. The molecule has 0 fully saturated rings. The molecule has 0 heterocycles. The van der Waals surface area contributed by atoms with Crippen LogP contribution in [0.5, 0.6) is 0 Å². The van der Waals surface area contributed by atoms with Crippen molar-refractivity contribution in [2.75, 3.05) is 0 Å². The fraction of sp³-hybridized carbons (Fsp3) is 0.143. The molecule has 0 amide bonds. The van der Waals surface area contributed by atoms with Crippen LogP contribution in [0.15, 0.2) is 12.1 Å². The molecule has 0 nitrogen and oxygen atoms in total. The second-order valence-electron chi connectivity index (χ2n) is 1.75. The first-order chi connectivity index (χ1) is 4.75. The van der Waals surface area contributed by atoms with Crippen LogP contribution in [0.2, 0.25) is 10.0 Å². The van der Waals surface area contributed by atoms with Gasteiger partial charge in [-0.2, -0.15) is 0 Å². The first kappa shape index (κ1) is 8.19. The van der Waals surface area contributed by atoms with E-state index in [9.17, 15) is 0 Å². The summed E-state index contributed by atoms with van der Waals surface area (Å²) in [7, 11) is 0. The summed E-state index contributed by atoms with van der Waals surface area (Å²) in [6, 6.07) is 6.26. The number of alkyl halides is 1. The molecule has 0 atom stereocenters. The maximum absolute atomic E-state index is 5.75. The Bertz CT molecular complexity index is 232. The van der Waals surface area contributed by atoms with Gasteiger partial charge in [-0.3, -0.25) is 0 Å². The third-order valence-corrected chi connectivity index (χ3v) is 2.21. The smallest absolute Gasteiger partial charge is 0.0642 e. The second kappa shape index (κ2) is 3.47. The molecule has 0 saturated heterocycles. The molecule has 1 aromatic carbocycles. The molecule has 0 aliphatic carbocycles. The van der Waals surface area contributed by atoms with Gasteiger partial charge in [0.2, 0.25) is 0 Å². The zero-order valence-corrected chi connectivity index (χ0v) is 7.26. The van der Waals surface area contributed by atoms with Gasteiger partial charge in [-0.05, 0) is 17.7 Å². The Hall–Kier alpha value is 0.0900. The van der Waals surface area contributed by atoms with Crippen molar-refractivity contribution < 1.29 is 0 Å². The van der Waals surface area contributed by atoms with Gasteiger partial charge in [0.05, 0.1) is 10.0 Å². The van der Waals surface area contributed by atoms with Crippen molar-refractivity contribution in [1.82, 2.24) is 0 Å². The lowest BCUT2D eigenvalue weighted by atomic mass is 10.2. The highest BCUT2D eigenvalue weighted by Crippen LogP contribution is 2.25. The van der Waals surface area contributed by atoms with E-state index >= 15 is 0 Å². The van der Waals surface area contributed by atoms with Gasteiger partial charge >= 0.3 is 0 Å². The summed E-state index contributed by atoms with van der Waals surface area (Å²) in [5.41, 5.74) is 0.746. The fourth-order valence-corrected chi connectivity index (χ4v) is 1.23. The van der Waals surface area contributed by atoms with E-state index in [0.29, 0.717) is 15.9 Å². The van der Waals surface area contributed by atoms with Crippen LogP contribution < -0.4 is 0 Å². The summed E-state index contributed by atoms with van der Waals surface area (Å²) in [6.45, 7) is 0. The van der Waals surface area contributed by atoms with E-state index < -0.39 is 0 Å². The number of hydrogen-bond acceptors (Lipinski definition) is 0. The maximum Gasteiger partial charge on any atom is 0.0642 e. The van der Waals surface area contributed by atoms with Crippen molar-refractivity contribution in [2.45, 2.75) is 5.88 Å². The molecule has 1 aromatic rings. The second-order valence-corrected chi connectivity index (χ2v) is 2.80. The highest BCUT2D eigenvalue weighted by Gasteiger charge is 2.01. The van der Waals surface area contributed by atoms with Crippen LogP contribution in [-0.2, 0) is 5.88 Å². The molecule has 53 valence electrons. The van der Waals surface area contributed by atoms with Crippen molar-refractivity contribution in [3.63, 3.8) is 0 Å². The van der Waals surface area contributed by atoms with Gasteiger partial charge in [0, 0.05) is 5.88 Å². The molecule has 0 aliphatic rings. The van der Waals surface area contributed by atoms with E-state index in [1.54, 1.807) is 12.1 Å². The monoisotopic (exact) mass is 193 g/mol. The molecule has 0 saturated carbocycles. The number of benzene rings is 1. The molecular formula is C7H4Cl3. The molecular weight excluding hydrogens is 190 g/mol. The molecule has 0 N–H and O–H groups in total. The molecule has 1 radical (unpaired) electrons. The Balaban J connectivity index is 3.14. The minimum absolute atomic E-state index is 0.347. The van der Waals surface area contributed by atoms with Crippen LogP contribution in [-0.4, -0.2) is 0 Å². The van der Waals surface area contributed by atoms with Crippen LogP contribution in [0.3, 0.4) is 0 Å². The minimum atomic E-state index is 0.347. The number of hydrogen-bond donors (Lipinski definition) is 0. The molecule has 10 heavy (non-hydrogen) atoms. The summed E-state index contributed by atoms with van der Waals surface area (Å²) >= 11 is 17.0. The summed E-state index contributed by atoms with van der Waals surface area (Å²) in [5.74, 6) is 0.347. The van der Waals surface area contributed by atoms with Gasteiger partial charge in [-0.25, -0.2) is 0 Å². The van der Waals surface area contributed by atoms with Gasteiger partial charge in [-0.15, -0.1) is 11.6 Å². The SMILES string of the molecule is ClCc1[c]ccc(Cl)c1Cl. The van der Waals surface area contributed by atoms with E-state index in [1.165, 1.54) is 0 Å². The van der Waals surface area contributed by atoms with E-state index in [2.05, 4.69) is 6.07 Å². The summed E-state index contributed by atoms with van der Waals surface area (Å²) in [4.78, 5) is 0. The Labute approximate surface area is 74.7 Å². The lowest BCUT2D eigenvalue weighted by Crippen LogP contribution is -1.79. The van der Waals surface area contributed by atoms with Crippen molar-refractivity contribution in [3.05, 3.63) is 33.8 Å². The van der Waals surface area contributed by atoms with Crippen LogP contribution in [0, 0.1) is 6.07 Å². The molecule has 1 rings (SSSR count). The molecule has 0 aromatic heterocycles. The lowest BCUT2D eigenvalue weighted by Gasteiger charge is -1.98. The van der Waals surface area contributed by atoms with Crippen LogP contribution in [0.1, 0.15) is 5.56 Å². The Morgan fingerprint density at radius 2 is 2.10 bits per heavy atom. The lowest BCUT2D eigenvalue weighted by molar-refractivity contribution is 1.39. The number of rotatable bonds is 1. The summed E-state index contributed by atoms with van der Waals surface area (Å²) < 4.78 is 0. The van der Waals surface area contributed by atoms with Gasteiger partial charge in [-0.1, -0.05) is 29.3 Å². The van der Waals surface area contributed by atoms with Crippen molar-refractivity contribution in [2.24, 2.45) is 0 Å². The Morgan fingerprint density at radius 1 is 1.40 bits per heavy atom. The van der Waals surface area contributed by atoms with Gasteiger partial charge in [0.25, 0.3) is 0 Å². The normalized spacial score (nSPS) is 9.90. The van der Waals surface area contributed by atoms with Gasteiger partial charge in [0.15, 0.2) is 0 Å². The molecule has 3 heteroatoms. The van der Waals surface area contributed by atoms with Crippen molar-refractivity contribution >= 4 is 34.8 Å². The van der Waals surface area contributed by atoms with E-state index in [0.717, 1.165) is 5.56 Å². The highest BCUT2D eigenvalue weighted by atomic mass is 35.5. The van der Waals surface area contributed by atoms with Gasteiger partial charge < -0.3 is 0 Å². The van der Waals surface area contributed by atoms with Crippen LogP contribution in [0.25, 0.3) is 0 Å². The molecule has 0 unspecified atom stereocenters. The standard InChI is InChI=1S/C7H4Cl3/c8-4-5-2-1-3-6(9)7(5)10/h1,3H,4H2. The van der Waals surface area contributed by atoms with E-state index in [-0.39, 0.29) is 0 Å². The summed E-state index contributed by atoms with van der Waals surface area (Å²) in [5, 5.41) is 1.02. The topological polar surface area (TPSA) is 0 Å². The molecule has 0 aliphatic heterocycles. The van der Waals surface area contributed by atoms with Crippen molar-refractivity contribution in [3.8, 4) is 0 Å². The third-order valence-electron chi connectivity index (χ3n) is 1.10. The van der Waals surface area contributed by atoms with E-state index in [1.807, 2.05) is 0 Å². The maximum atomic E-state index is 5.75. The predicted molar refractivity (Wildman–Crippen MR) is 44.9 cm³/mol. The number of halogens is 3. The van der Waals surface area contributed by atoms with Crippen LogP contribution in [0.4, 0.5) is 0 Å². The average molecular weight is 194 g/mol. The zero-order chi connectivity index (χ0) is 7.56. The first-order valence-corrected chi connectivity index (χ1v) is 3.95. The quantitative estimate of drug-likeness (QED) is 0.600.